The number of carbonyl (C=O) groups excluding carboxylic acids is 1. The van der Waals surface area contributed by atoms with E-state index in [2.05, 4.69) is 15.5 Å². The number of halogens is 4. The van der Waals surface area contributed by atoms with Crippen molar-refractivity contribution < 1.29 is 18.5 Å². The normalized spacial score (nSPS) is 11.2. The summed E-state index contributed by atoms with van der Waals surface area (Å²) >= 11 is 11.9. The highest BCUT2D eigenvalue weighted by Gasteiger charge is 2.31. The second-order valence-corrected chi connectivity index (χ2v) is 6.39. The van der Waals surface area contributed by atoms with Gasteiger partial charge in [-0.15, -0.1) is 0 Å². The Morgan fingerprint density at radius 1 is 1.30 bits per heavy atom. The van der Waals surface area contributed by atoms with Crippen LogP contribution in [0, 0.1) is 24.0 Å². The molecule has 0 atom stereocenters. The summed E-state index contributed by atoms with van der Waals surface area (Å²) in [5.74, 6) is -0.517. The molecule has 2 aromatic heterocycles. The van der Waals surface area contributed by atoms with Gasteiger partial charge in [0.1, 0.15) is 22.4 Å². The molecule has 148 valence electrons. The van der Waals surface area contributed by atoms with Gasteiger partial charge in [0.25, 0.3) is 6.43 Å². The van der Waals surface area contributed by atoms with Gasteiger partial charge < -0.3 is 5.32 Å². The Morgan fingerprint density at radius 2 is 1.96 bits per heavy atom. The molecule has 2 heterocycles. The van der Waals surface area contributed by atoms with Crippen molar-refractivity contribution in [3.63, 3.8) is 0 Å². The molecule has 0 bridgehead atoms. The molecular weight excluding hydrogens is 409 g/mol. The largest absolute Gasteiger partial charge is 0.354 e. The smallest absolute Gasteiger partial charge is 0.319 e. The number of nitro groups is 1. The van der Waals surface area contributed by atoms with Crippen LogP contribution < -0.4 is 5.32 Å². The van der Waals surface area contributed by atoms with Gasteiger partial charge in [-0.25, -0.2) is 8.78 Å². The zero-order valence-electron chi connectivity index (χ0n) is 14.4. The molecule has 27 heavy (non-hydrogen) atoms. The quantitative estimate of drug-likeness (QED) is 0.397. The number of rotatable bonds is 8. The molecule has 0 saturated carbocycles. The second-order valence-electron chi connectivity index (χ2n) is 5.65. The molecule has 1 amide bonds. The van der Waals surface area contributed by atoms with Gasteiger partial charge in [0.05, 0.1) is 10.6 Å². The van der Waals surface area contributed by atoms with Crippen LogP contribution >= 0.6 is 23.2 Å². The van der Waals surface area contributed by atoms with Crippen molar-refractivity contribution in [2.75, 3.05) is 6.54 Å². The van der Waals surface area contributed by atoms with Crippen molar-refractivity contribution in [3.05, 3.63) is 37.4 Å². The van der Waals surface area contributed by atoms with E-state index in [1.807, 2.05) is 0 Å². The molecule has 9 nitrogen and oxygen atoms in total. The van der Waals surface area contributed by atoms with Gasteiger partial charge in [-0.2, -0.15) is 10.2 Å². The van der Waals surface area contributed by atoms with E-state index < -0.39 is 35.2 Å². The minimum Gasteiger partial charge on any atom is -0.354 e. The maximum atomic E-state index is 12.9. The number of nitrogens with zero attached hydrogens (tertiary/aromatic N) is 5. The van der Waals surface area contributed by atoms with E-state index in [0.29, 0.717) is 28.8 Å². The number of carbonyl (C=O) groups is 1. The predicted octanol–water partition coefficient (Wildman–Crippen LogP) is 3.06. The van der Waals surface area contributed by atoms with Crippen molar-refractivity contribution >= 4 is 34.8 Å². The van der Waals surface area contributed by atoms with Crippen molar-refractivity contribution in [3.8, 4) is 0 Å². The Kier molecular flexibility index (Phi) is 6.71. The van der Waals surface area contributed by atoms with Crippen LogP contribution in [0.5, 0.6) is 0 Å². The van der Waals surface area contributed by atoms with E-state index in [1.54, 1.807) is 6.92 Å². The summed E-state index contributed by atoms with van der Waals surface area (Å²) in [4.78, 5) is 22.0. The first-order chi connectivity index (χ1) is 12.6. The monoisotopic (exact) mass is 424 g/mol. The molecule has 0 unspecified atom stereocenters. The standard InChI is InChI=1S/C14H16Cl2F2N6O3/c1-7-10(15)13(16)22(20-7)5-3-4-19-9(25)6-23-8(2)12(24(26)27)11(21-23)14(17)18/h14H,3-6H2,1-2H3,(H,19,25). The van der Waals surface area contributed by atoms with Gasteiger partial charge in [0.15, 0.2) is 0 Å². The summed E-state index contributed by atoms with van der Waals surface area (Å²) in [6, 6.07) is 0. The topological polar surface area (TPSA) is 108 Å². The lowest BCUT2D eigenvalue weighted by atomic mass is 10.3. The molecule has 0 spiro atoms. The first-order valence-corrected chi connectivity index (χ1v) is 8.54. The summed E-state index contributed by atoms with van der Waals surface area (Å²) in [5.41, 5.74) is -1.25. The van der Waals surface area contributed by atoms with Crippen molar-refractivity contribution in [1.82, 2.24) is 24.9 Å². The fourth-order valence-corrected chi connectivity index (χ4v) is 2.81. The third kappa shape index (κ3) is 4.72. The maximum absolute atomic E-state index is 12.9. The van der Waals surface area contributed by atoms with E-state index in [4.69, 9.17) is 23.2 Å². The number of aromatic nitrogens is 4. The Labute approximate surface area is 162 Å². The molecular formula is C14H16Cl2F2N6O3. The van der Waals surface area contributed by atoms with Crippen LogP contribution in [0.3, 0.4) is 0 Å². The Morgan fingerprint density at radius 3 is 2.44 bits per heavy atom. The van der Waals surface area contributed by atoms with Crippen molar-refractivity contribution in [2.45, 2.75) is 39.8 Å². The van der Waals surface area contributed by atoms with Crippen molar-refractivity contribution in [1.29, 1.82) is 0 Å². The number of aryl methyl sites for hydroxylation is 2. The van der Waals surface area contributed by atoms with Gasteiger partial charge in [-0.05, 0) is 20.3 Å². The molecule has 0 radical (unpaired) electrons. The van der Waals surface area contributed by atoms with Crippen LogP contribution in [0.1, 0.15) is 29.9 Å². The SMILES string of the molecule is Cc1nn(CCCNC(=O)Cn2nc(C(F)F)c([N+](=O)[O-])c2C)c(Cl)c1Cl. The van der Waals surface area contributed by atoms with E-state index in [-0.39, 0.29) is 12.2 Å². The average molecular weight is 425 g/mol. The second kappa shape index (κ2) is 8.61. The lowest BCUT2D eigenvalue weighted by Crippen LogP contribution is -2.29. The number of amides is 1. The molecule has 0 saturated heterocycles. The Bertz CT molecular complexity index is 868. The minimum atomic E-state index is -3.11. The maximum Gasteiger partial charge on any atom is 0.319 e. The highest BCUT2D eigenvalue weighted by atomic mass is 35.5. The summed E-state index contributed by atoms with van der Waals surface area (Å²) < 4.78 is 28.2. The lowest BCUT2D eigenvalue weighted by molar-refractivity contribution is -0.386. The molecule has 13 heteroatoms. The van der Waals surface area contributed by atoms with E-state index in [0.717, 1.165) is 4.68 Å². The molecule has 0 aromatic carbocycles. The third-order valence-electron chi connectivity index (χ3n) is 3.75. The third-order valence-corrected chi connectivity index (χ3v) is 4.68. The van der Waals surface area contributed by atoms with E-state index >= 15 is 0 Å². The fourth-order valence-electron chi connectivity index (χ4n) is 2.41. The van der Waals surface area contributed by atoms with Crippen LogP contribution in [0.15, 0.2) is 0 Å². The molecule has 2 rings (SSSR count). The molecule has 1 N–H and O–H groups in total. The Balaban J connectivity index is 1.91. The minimum absolute atomic E-state index is 0.112. The molecule has 0 fully saturated rings. The molecule has 0 aliphatic carbocycles. The van der Waals surface area contributed by atoms with Crippen LogP contribution in [0.4, 0.5) is 14.5 Å². The average Bonchev–Trinajstić information content (AvgIpc) is 3.04. The highest BCUT2D eigenvalue weighted by molar-refractivity contribution is 6.41. The van der Waals surface area contributed by atoms with Gasteiger partial charge in [-0.3, -0.25) is 24.3 Å². The van der Waals surface area contributed by atoms with E-state index in [1.165, 1.54) is 11.6 Å². The van der Waals surface area contributed by atoms with Crippen LogP contribution in [-0.4, -0.2) is 36.9 Å². The van der Waals surface area contributed by atoms with Crippen LogP contribution in [0.2, 0.25) is 10.2 Å². The predicted molar refractivity (Wildman–Crippen MR) is 93.2 cm³/mol. The fraction of sp³-hybridized carbons (Fsp3) is 0.500. The number of hydrogen-bond acceptors (Lipinski definition) is 5. The van der Waals surface area contributed by atoms with Crippen LogP contribution in [0.25, 0.3) is 0 Å². The zero-order chi connectivity index (χ0) is 20.3. The number of alkyl halides is 2. The zero-order valence-corrected chi connectivity index (χ0v) is 15.9. The summed E-state index contributed by atoms with van der Waals surface area (Å²) in [5, 5.41) is 21.8. The van der Waals surface area contributed by atoms with E-state index in [9.17, 15) is 23.7 Å². The lowest BCUT2D eigenvalue weighted by Gasteiger charge is -2.07. The summed E-state index contributed by atoms with van der Waals surface area (Å²) in [7, 11) is 0. The number of hydrogen-bond donors (Lipinski definition) is 1. The van der Waals surface area contributed by atoms with Gasteiger partial charge in [0, 0.05) is 13.1 Å². The van der Waals surface area contributed by atoms with Gasteiger partial charge in [0.2, 0.25) is 11.6 Å². The Hall–Kier alpha value is -2.27. The van der Waals surface area contributed by atoms with Gasteiger partial charge in [-0.1, -0.05) is 23.2 Å². The molecule has 2 aromatic rings. The molecule has 0 aliphatic heterocycles. The van der Waals surface area contributed by atoms with Crippen LogP contribution in [-0.2, 0) is 17.9 Å². The molecule has 0 aliphatic rings. The first-order valence-electron chi connectivity index (χ1n) is 7.78. The van der Waals surface area contributed by atoms with Crippen molar-refractivity contribution in [2.24, 2.45) is 0 Å². The summed E-state index contributed by atoms with van der Waals surface area (Å²) in [6.07, 6.45) is -2.62. The summed E-state index contributed by atoms with van der Waals surface area (Å²) in [6.45, 7) is 3.24. The number of nitrogens with one attached hydrogen (secondary N) is 1. The highest BCUT2D eigenvalue weighted by Crippen LogP contribution is 2.30. The van der Waals surface area contributed by atoms with Gasteiger partial charge >= 0.3 is 5.69 Å². The first kappa shape index (κ1) is 21.0.